The maximum absolute atomic E-state index is 13.5. The summed E-state index contributed by atoms with van der Waals surface area (Å²) in [7, 11) is 0. The summed E-state index contributed by atoms with van der Waals surface area (Å²) >= 11 is 5.61. The number of amides is 2. The van der Waals surface area contributed by atoms with E-state index < -0.39 is 46.6 Å². The van der Waals surface area contributed by atoms with Gasteiger partial charge in [-0.2, -0.15) is 0 Å². The molecule has 2 atom stereocenters. The SMILES string of the molecule is O=C(COc1ccc(Cl)c(F)c1)NC12CC(NC(=O)C3CC(O)c4cc(F)c(F)cc4O3)(C1)C2. The van der Waals surface area contributed by atoms with Gasteiger partial charge < -0.3 is 25.2 Å². The molecule has 0 saturated heterocycles. The Morgan fingerprint density at radius 1 is 1.06 bits per heavy atom. The molecule has 3 saturated carbocycles. The number of nitrogens with one attached hydrogen (secondary N) is 2. The zero-order valence-electron chi connectivity index (χ0n) is 17.7. The van der Waals surface area contributed by atoms with Gasteiger partial charge in [0.25, 0.3) is 11.8 Å². The summed E-state index contributed by atoms with van der Waals surface area (Å²) in [5.41, 5.74) is -0.842. The third-order valence-corrected chi connectivity index (χ3v) is 6.80. The van der Waals surface area contributed by atoms with Gasteiger partial charge in [-0.25, -0.2) is 13.2 Å². The van der Waals surface area contributed by atoms with Crippen molar-refractivity contribution >= 4 is 23.4 Å². The highest BCUT2D eigenvalue weighted by Crippen LogP contribution is 2.60. The molecule has 3 N–H and O–H groups in total. The molecule has 0 spiro atoms. The Morgan fingerprint density at radius 3 is 2.44 bits per heavy atom. The molecular weight excluding hydrogens is 477 g/mol. The lowest BCUT2D eigenvalue weighted by Crippen LogP contribution is -2.84. The van der Waals surface area contributed by atoms with E-state index >= 15 is 0 Å². The molecule has 3 aliphatic carbocycles. The number of carbonyl (C=O) groups excluding carboxylic acids is 2. The Balaban J connectivity index is 1.11. The summed E-state index contributed by atoms with van der Waals surface area (Å²) in [4.78, 5) is 24.9. The largest absolute Gasteiger partial charge is 0.484 e. The van der Waals surface area contributed by atoms with Gasteiger partial charge in [-0.3, -0.25) is 9.59 Å². The number of halogens is 4. The molecule has 7 nitrogen and oxygen atoms in total. The monoisotopic (exact) mass is 496 g/mol. The predicted octanol–water partition coefficient (Wildman–Crippen LogP) is 2.93. The Labute approximate surface area is 197 Å². The molecule has 3 fully saturated rings. The van der Waals surface area contributed by atoms with Crippen LogP contribution in [0.25, 0.3) is 0 Å². The molecule has 2 unspecified atom stereocenters. The van der Waals surface area contributed by atoms with Gasteiger partial charge in [0.05, 0.1) is 11.1 Å². The molecule has 0 aromatic heterocycles. The molecule has 2 amide bonds. The quantitative estimate of drug-likeness (QED) is 0.571. The van der Waals surface area contributed by atoms with E-state index in [4.69, 9.17) is 21.1 Å². The number of rotatable bonds is 6. The van der Waals surface area contributed by atoms with Gasteiger partial charge in [-0.05, 0) is 37.5 Å². The average Bonchev–Trinajstić information content (AvgIpc) is 2.73. The van der Waals surface area contributed by atoms with Crippen molar-refractivity contribution in [2.75, 3.05) is 6.61 Å². The molecule has 6 rings (SSSR count). The fraction of sp³-hybridized carbons (Fsp3) is 0.391. The van der Waals surface area contributed by atoms with Crippen LogP contribution in [-0.4, -0.2) is 40.7 Å². The van der Waals surface area contributed by atoms with Gasteiger partial charge in [0, 0.05) is 35.2 Å². The lowest BCUT2D eigenvalue weighted by molar-refractivity contribution is -0.155. The van der Waals surface area contributed by atoms with Crippen LogP contribution in [0.1, 0.15) is 37.4 Å². The number of fused-ring (bicyclic) bond motifs is 1. The molecule has 180 valence electrons. The zero-order chi connectivity index (χ0) is 24.3. The van der Waals surface area contributed by atoms with E-state index in [2.05, 4.69) is 10.6 Å². The highest BCUT2D eigenvalue weighted by molar-refractivity contribution is 6.30. The van der Waals surface area contributed by atoms with Crippen LogP contribution in [-0.2, 0) is 9.59 Å². The van der Waals surface area contributed by atoms with Crippen LogP contribution in [0.5, 0.6) is 11.5 Å². The van der Waals surface area contributed by atoms with Crippen LogP contribution in [0.2, 0.25) is 5.02 Å². The van der Waals surface area contributed by atoms with Gasteiger partial charge >= 0.3 is 0 Å². The summed E-state index contributed by atoms with van der Waals surface area (Å²) in [5.74, 6) is -3.61. The van der Waals surface area contributed by atoms with Crippen LogP contribution in [0, 0.1) is 17.5 Å². The van der Waals surface area contributed by atoms with Crippen molar-refractivity contribution in [2.24, 2.45) is 0 Å². The number of benzene rings is 2. The molecule has 2 aromatic carbocycles. The minimum absolute atomic E-state index is 0.0450. The van der Waals surface area contributed by atoms with E-state index in [9.17, 15) is 27.9 Å². The van der Waals surface area contributed by atoms with Crippen molar-refractivity contribution in [1.29, 1.82) is 0 Å². The minimum Gasteiger partial charge on any atom is -0.484 e. The van der Waals surface area contributed by atoms with Crippen molar-refractivity contribution in [2.45, 2.75) is 49.0 Å². The first-order valence-corrected chi connectivity index (χ1v) is 11.0. The highest BCUT2D eigenvalue weighted by atomic mass is 35.5. The highest BCUT2D eigenvalue weighted by Gasteiger charge is 2.69. The van der Waals surface area contributed by atoms with Crippen molar-refractivity contribution in [3.63, 3.8) is 0 Å². The molecule has 11 heteroatoms. The van der Waals surface area contributed by atoms with Gasteiger partial charge in [-0.15, -0.1) is 0 Å². The number of hydrogen-bond acceptors (Lipinski definition) is 5. The smallest absolute Gasteiger partial charge is 0.261 e. The third-order valence-electron chi connectivity index (χ3n) is 6.49. The first-order valence-electron chi connectivity index (χ1n) is 10.6. The fourth-order valence-electron chi connectivity index (χ4n) is 5.04. The molecule has 34 heavy (non-hydrogen) atoms. The summed E-state index contributed by atoms with van der Waals surface area (Å²) in [6.45, 7) is -0.299. The molecule has 1 heterocycles. The van der Waals surface area contributed by atoms with E-state index in [1.165, 1.54) is 12.1 Å². The molecule has 2 aromatic rings. The standard InChI is InChI=1S/C23H20ClF3N2O5/c24-13-2-1-11(3-14(13)25)33-7-20(31)28-22-8-23(9-22,10-22)29-21(32)19-6-17(30)12-4-15(26)16(27)5-18(12)34-19/h1-5,17,19,30H,6-10H2,(H,28,31)(H,29,32). The van der Waals surface area contributed by atoms with E-state index in [1.54, 1.807) is 0 Å². The summed E-state index contributed by atoms with van der Waals surface area (Å²) in [6, 6.07) is 5.57. The van der Waals surface area contributed by atoms with Gasteiger partial charge in [0.15, 0.2) is 24.3 Å². The number of ether oxygens (including phenoxy) is 2. The molecule has 0 radical (unpaired) electrons. The van der Waals surface area contributed by atoms with Gasteiger partial charge in [0.2, 0.25) is 0 Å². The minimum atomic E-state index is -1.16. The topological polar surface area (TPSA) is 96.9 Å². The third kappa shape index (κ3) is 4.05. The zero-order valence-corrected chi connectivity index (χ0v) is 18.4. The lowest BCUT2D eigenvalue weighted by atomic mass is 9.44. The second-order valence-electron chi connectivity index (χ2n) is 9.16. The van der Waals surface area contributed by atoms with E-state index in [0.29, 0.717) is 19.3 Å². The number of carbonyl (C=O) groups is 2. The van der Waals surface area contributed by atoms with Crippen LogP contribution in [0.4, 0.5) is 13.2 Å². The summed E-state index contributed by atoms with van der Waals surface area (Å²) < 4.78 is 51.2. The molecule has 2 bridgehead atoms. The first-order chi connectivity index (χ1) is 16.1. The predicted molar refractivity (Wildman–Crippen MR) is 113 cm³/mol. The number of aliphatic hydroxyl groups excluding tert-OH is 1. The van der Waals surface area contributed by atoms with Crippen molar-refractivity contribution in [3.05, 3.63) is 58.4 Å². The second-order valence-corrected chi connectivity index (χ2v) is 9.56. The summed E-state index contributed by atoms with van der Waals surface area (Å²) in [6.07, 6.45) is -0.775. The lowest BCUT2D eigenvalue weighted by Gasteiger charge is -2.70. The fourth-order valence-corrected chi connectivity index (χ4v) is 5.16. The number of hydrogen-bond donors (Lipinski definition) is 3. The maximum atomic E-state index is 13.5. The van der Waals surface area contributed by atoms with Crippen molar-refractivity contribution in [1.82, 2.24) is 10.6 Å². The average molecular weight is 497 g/mol. The Hall–Kier alpha value is -2.98. The van der Waals surface area contributed by atoms with E-state index in [-0.39, 0.29) is 41.0 Å². The van der Waals surface area contributed by atoms with Crippen LogP contribution in [0.15, 0.2) is 30.3 Å². The van der Waals surface area contributed by atoms with Crippen LogP contribution < -0.4 is 20.1 Å². The van der Waals surface area contributed by atoms with Crippen molar-refractivity contribution < 1.29 is 37.3 Å². The van der Waals surface area contributed by atoms with E-state index in [0.717, 1.165) is 18.2 Å². The Bertz CT molecular complexity index is 1170. The van der Waals surface area contributed by atoms with Gasteiger partial charge in [0.1, 0.15) is 17.3 Å². The summed E-state index contributed by atoms with van der Waals surface area (Å²) in [5, 5.41) is 16.0. The van der Waals surface area contributed by atoms with Crippen molar-refractivity contribution in [3.8, 4) is 11.5 Å². The first kappa shape index (κ1) is 22.8. The number of aliphatic hydroxyl groups is 1. The molecule has 4 aliphatic rings. The normalized spacial score (nSPS) is 28.5. The maximum Gasteiger partial charge on any atom is 0.261 e. The van der Waals surface area contributed by atoms with E-state index in [1.807, 2.05) is 0 Å². The van der Waals surface area contributed by atoms with Crippen LogP contribution in [0.3, 0.4) is 0 Å². The molecule has 1 aliphatic heterocycles. The Morgan fingerprint density at radius 2 is 1.74 bits per heavy atom. The van der Waals surface area contributed by atoms with Gasteiger partial charge in [-0.1, -0.05) is 11.6 Å². The van der Waals surface area contributed by atoms with Crippen LogP contribution >= 0.6 is 11.6 Å². The Kier molecular flexibility index (Phi) is 5.40. The second kappa shape index (κ2) is 8.06. The molecular formula is C23H20ClF3N2O5.